The number of rotatable bonds is 2. The quantitative estimate of drug-likeness (QED) is 0.617. The van der Waals surface area contributed by atoms with Crippen LogP contribution in [0.1, 0.15) is 26.7 Å². The number of hydrogen-bond donors (Lipinski definition) is 3. The van der Waals surface area contributed by atoms with Crippen LogP contribution in [0.2, 0.25) is 0 Å². The first kappa shape index (κ1) is 12.8. The molecule has 2 atom stereocenters. The van der Waals surface area contributed by atoms with Gasteiger partial charge in [0.05, 0.1) is 11.6 Å². The first-order valence-electron chi connectivity index (χ1n) is 6.45. The van der Waals surface area contributed by atoms with E-state index in [4.69, 9.17) is 4.74 Å². The maximum atomic E-state index is 12.0. The first-order valence-corrected chi connectivity index (χ1v) is 6.45. The Morgan fingerprint density at radius 2 is 2.24 bits per heavy atom. The highest BCUT2D eigenvalue weighted by Crippen LogP contribution is 2.23. The van der Waals surface area contributed by atoms with E-state index in [9.17, 15) is 4.79 Å². The average Bonchev–Trinajstić information content (AvgIpc) is 2.29. The van der Waals surface area contributed by atoms with Crippen molar-refractivity contribution < 1.29 is 9.53 Å². The summed E-state index contributed by atoms with van der Waals surface area (Å²) in [5.74, 6) is 0.111. The lowest BCUT2D eigenvalue weighted by Crippen LogP contribution is -2.58. The zero-order valence-corrected chi connectivity index (χ0v) is 10.7. The molecule has 2 fully saturated rings. The summed E-state index contributed by atoms with van der Waals surface area (Å²) in [6.07, 6.45) is 1.80. The number of carbonyl (C=O) groups is 1. The van der Waals surface area contributed by atoms with Gasteiger partial charge in [0.25, 0.3) is 0 Å². The number of hydrogen-bond acceptors (Lipinski definition) is 4. The molecule has 98 valence electrons. The van der Waals surface area contributed by atoms with Gasteiger partial charge >= 0.3 is 0 Å². The summed E-state index contributed by atoms with van der Waals surface area (Å²) >= 11 is 0. The van der Waals surface area contributed by atoms with E-state index in [2.05, 4.69) is 29.8 Å². The van der Waals surface area contributed by atoms with E-state index in [1.165, 1.54) is 0 Å². The van der Waals surface area contributed by atoms with Crippen LogP contribution in [0, 0.1) is 0 Å². The maximum absolute atomic E-state index is 12.0. The van der Waals surface area contributed by atoms with E-state index in [0.717, 1.165) is 39.1 Å². The van der Waals surface area contributed by atoms with E-state index in [1.54, 1.807) is 0 Å². The van der Waals surface area contributed by atoms with Gasteiger partial charge in [-0.15, -0.1) is 0 Å². The van der Waals surface area contributed by atoms with Gasteiger partial charge in [0.1, 0.15) is 0 Å². The Morgan fingerprint density at radius 3 is 2.88 bits per heavy atom. The van der Waals surface area contributed by atoms with Crippen molar-refractivity contribution >= 4 is 5.91 Å². The first-order chi connectivity index (χ1) is 8.07. The molecule has 1 amide bonds. The third kappa shape index (κ3) is 3.66. The lowest BCUT2D eigenvalue weighted by molar-refractivity contribution is -0.126. The molecule has 2 aliphatic rings. The fourth-order valence-electron chi connectivity index (χ4n) is 2.50. The predicted molar refractivity (Wildman–Crippen MR) is 65.9 cm³/mol. The van der Waals surface area contributed by atoms with Crippen molar-refractivity contribution in [3.63, 3.8) is 0 Å². The van der Waals surface area contributed by atoms with Crippen LogP contribution in [0.5, 0.6) is 0 Å². The topological polar surface area (TPSA) is 62.4 Å². The molecule has 0 aliphatic carbocycles. The molecule has 2 unspecified atom stereocenters. The van der Waals surface area contributed by atoms with Crippen LogP contribution in [0.25, 0.3) is 0 Å². The molecule has 0 aromatic heterocycles. The number of nitrogens with one attached hydrogen (secondary N) is 3. The normalized spacial score (nSPS) is 33.1. The van der Waals surface area contributed by atoms with E-state index in [0.29, 0.717) is 0 Å². The number of piperazine rings is 1. The molecule has 2 heterocycles. The van der Waals surface area contributed by atoms with Crippen LogP contribution in [-0.2, 0) is 9.53 Å². The van der Waals surface area contributed by atoms with Gasteiger partial charge in [-0.05, 0) is 26.7 Å². The Hall–Kier alpha value is -0.650. The van der Waals surface area contributed by atoms with E-state index in [1.807, 2.05) is 0 Å². The van der Waals surface area contributed by atoms with Gasteiger partial charge < -0.3 is 20.7 Å². The van der Waals surface area contributed by atoms with Crippen molar-refractivity contribution in [2.75, 3.05) is 26.2 Å². The second-order valence-corrected chi connectivity index (χ2v) is 5.52. The van der Waals surface area contributed by atoms with E-state index in [-0.39, 0.29) is 23.6 Å². The minimum Gasteiger partial charge on any atom is -0.375 e. The van der Waals surface area contributed by atoms with Crippen molar-refractivity contribution in [1.29, 1.82) is 0 Å². The largest absolute Gasteiger partial charge is 0.375 e. The Bertz CT molecular complexity index is 275. The average molecular weight is 241 g/mol. The van der Waals surface area contributed by atoms with Crippen LogP contribution in [0.3, 0.4) is 0 Å². The van der Waals surface area contributed by atoms with Crippen molar-refractivity contribution in [3.05, 3.63) is 0 Å². The summed E-state index contributed by atoms with van der Waals surface area (Å²) in [5, 5.41) is 9.57. The van der Waals surface area contributed by atoms with Crippen molar-refractivity contribution in [2.45, 2.75) is 44.4 Å². The number of carbonyl (C=O) groups excluding carboxylic acids is 1. The van der Waals surface area contributed by atoms with Gasteiger partial charge in [0, 0.05) is 32.3 Å². The summed E-state index contributed by atoms with van der Waals surface area (Å²) in [6, 6.07) is 0.157. The zero-order chi connectivity index (χ0) is 12.3. The standard InChI is InChI=1S/C12H23N3O2/c1-12(2)7-9(3-6-17-12)15-11(16)10-8-13-4-5-14-10/h9-10,13-14H,3-8H2,1-2H3,(H,15,16). The summed E-state index contributed by atoms with van der Waals surface area (Å²) in [5.41, 5.74) is -0.117. The molecule has 0 saturated carbocycles. The molecule has 0 radical (unpaired) electrons. The summed E-state index contributed by atoms with van der Waals surface area (Å²) in [7, 11) is 0. The molecule has 3 N–H and O–H groups in total. The molecule has 0 bridgehead atoms. The molecular formula is C12H23N3O2. The van der Waals surface area contributed by atoms with E-state index >= 15 is 0 Å². The van der Waals surface area contributed by atoms with Crippen LogP contribution >= 0.6 is 0 Å². The molecule has 2 rings (SSSR count). The third-order valence-corrected chi connectivity index (χ3v) is 3.40. The highest BCUT2D eigenvalue weighted by molar-refractivity contribution is 5.82. The highest BCUT2D eigenvalue weighted by atomic mass is 16.5. The maximum Gasteiger partial charge on any atom is 0.238 e. The Morgan fingerprint density at radius 1 is 1.41 bits per heavy atom. The van der Waals surface area contributed by atoms with Crippen LogP contribution in [0.15, 0.2) is 0 Å². The smallest absolute Gasteiger partial charge is 0.238 e. The monoisotopic (exact) mass is 241 g/mol. The summed E-state index contributed by atoms with van der Waals surface area (Å²) in [6.45, 7) is 7.40. The van der Waals surface area contributed by atoms with Crippen LogP contribution in [0.4, 0.5) is 0 Å². The van der Waals surface area contributed by atoms with Crippen molar-refractivity contribution in [1.82, 2.24) is 16.0 Å². The van der Waals surface area contributed by atoms with Crippen LogP contribution in [-0.4, -0.2) is 49.8 Å². The zero-order valence-electron chi connectivity index (χ0n) is 10.7. The van der Waals surface area contributed by atoms with E-state index < -0.39 is 0 Å². The molecule has 2 aliphatic heterocycles. The molecule has 0 spiro atoms. The molecule has 2 saturated heterocycles. The van der Waals surface area contributed by atoms with Gasteiger partial charge in [-0.25, -0.2) is 0 Å². The molecule has 17 heavy (non-hydrogen) atoms. The minimum absolute atomic E-state index is 0.0882. The third-order valence-electron chi connectivity index (χ3n) is 3.40. The van der Waals surface area contributed by atoms with Gasteiger partial charge in [0.15, 0.2) is 0 Å². The molecular weight excluding hydrogens is 218 g/mol. The van der Waals surface area contributed by atoms with Gasteiger partial charge in [-0.1, -0.05) is 0 Å². The molecule has 5 nitrogen and oxygen atoms in total. The van der Waals surface area contributed by atoms with Crippen molar-refractivity contribution in [2.24, 2.45) is 0 Å². The Balaban J connectivity index is 1.81. The molecule has 0 aromatic rings. The predicted octanol–water partition coefficient (Wildman–Crippen LogP) is -0.378. The molecule has 0 aromatic carbocycles. The molecule has 5 heteroatoms. The van der Waals surface area contributed by atoms with Gasteiger partial charge in [-0.2, -0.15) is 0 Å². The summed E-state index contributed by atoms with van der Waals surface area (Å²) < 4.78 is 5.64. The SMILES string of the molecule is CC1(C)CC(NC(=O)C2CNCCN2)CCO1. The highest BCUT2D eigenvalue weighted by Gasteiger charge is 2.31. The lowest BCUT2D eigenvalue weighted by Gasteiger charge is -2.36. The number of ether oxygens (including phenoxy) is 1. The second kappa shape index (κ2) is 5.33. The Kier molecular flexibility index (Phi) is 4.01. The second-order valence-electron chi connectivity index (χ2n) is 5.52. The summed E-state index contributed by atoms with van der Waals surface area (Å²) in [4.78, 5) is 12.0. The van der Waals surface area contributed by atoms with Crippen LogP contribution < -0.4 is 16.0 Å². The fraction of sp³-hybridized carbons (Fsp3) is 0.917. The fourth-order valence-corrected chi connectivity index (χ4v) is 2.50. The van der Waals surface area contributed by atoms with Gasteiger partial charge in [0.2, 0.25) is 5.91 Å². The van der Waals surface area contributed by atoms with Gasteiger partial charge in [-0.3, -0.25) is 4.79 Å². The minimum atomic E-state index is -0.117. The Labute approximate surface area is 103 Å². The van der Waals surface area contributed by atoms with Crippen molar-refractivity contribution in [3.8, 4) is 0 Å². The lowest BCUT2D eigenvalue weighted by atomic mass is 9.93. The number of amides is 1.